The van der Waals surface area contributed by atoms with Crippen molar-refractivity contribution in [1.82, 2.24) is 0 Å². The van der Waals surface area contributed by atoms with Crippen molar-refractivity contribution in [2.75, 3.05) is 19.8 Å². The van der Waals surface area contributed by atoms with Crippen LogP contribution >= 0.6 is 0 Å². The zero-order valence-corrected chi connectivity index (χ0v) is 31.5. The van der Waals surface area contributed by atoms with Gasteiger partial charge in [0.05, 0.1) is 18.8 Å². The molecule has 1 aliphatic rings. The van der Waals surface area contributed by atoms with Crippen LogP contribution in [-0.4, -0.2) is 43.4 Å². The largest absolute Gasteiger partial charge is 0.391 e. The Bertz CT molecular complexity index is 696. The predicted molar refractivity (Wildman–Crippen MR) is 204 cm³/mol. The van der Waals surface area contributed by atoms with Gasteiger partial charge in [0.1, 0.15) is 0 Å². The van der Waals surface area contributed by atoms with Crippen LogP contribution in [0, 0.1) is 0 Å². The van der Waals surface area contributed by atoms with Gasteiger partial charge in [-0.15, -0.1) is 0 Å². The SMILES string of the molecule is CCCCC/C=C\C/C=C\CCCCCCCCOCC(O)CCCCCCCC/C=C\C[C@@H](CCCCCC)OC1CCCCO1. The van der Waals surface area contributed by atoms with Crippen molar-refractivity contribution in [3.05, 3.63) is 36.5 Å². The molecule has 0 aromatic heterocycles. The van der Waals surface area contributed by atoms with Crippen LogP contribution in [0.4, 0.5) is 0 Å². The normalized spacial score (nSPS) is 17.0. The van der Waals surface area contributed by atoms with E-state index in [0.29, 0.717) is 12.7 Å². The van der Waals surface area contributed by atoms with Gasteiger partial charge in [-0.3, -0.25) is 0 Å². The number of aliphatic hydroxyl groups excluding tert-OH is 1. The number of unbranched alkanes of at least 4 members (excludes halogenated alkanes) is 18. The van der Waals surface area contributed by atoms with Crippen molar-refractivity contribution in [2.45, 2.75) is 219 Å². The maximum atomic E-state index is 10.3. The molecule has 0 saturated carbocycles. The lowest BCUT2D eigenvalue weighted by molar-refractivity contribution is -0.188. The van der Waals surface area contributed by atoms with Gasteiger partial charge in [-0.1, -0.05) is 147 Å². The van der Waals surface area contributed by atoms with E-state index in [-0.39, 0.29) is 12.4 Å². The van der Waals surface area contributed by atoms with Crippen molar-refractivity contribution < 1.29 is 19.3 Å². The Morgan fingerprint density at radius 3 is 1.83 bits per heavy atom. The molecular weight excluding hydrogens is 580 g/mol. The third kappa shape index (κ3) is 32.0. The molecule has 47 heavy (non-hydrogen) atoms. The Hall–Kier alpha value is -0.940. The summed E-state index contributed by atoms with van der Waals surface area (Å²) in [5.41, 5.74) is 0. The molecule has 4 heteroatoms. The molecule has 0 aromatic carbocycles. The molecule has 3 atom stereocenters. The summed E-state index contributed by atoms with van der Waals surface area (Å²) in [6.07, 6.45) is 49.6. The second kappa shape index (κ2) is 36.3. The minimum absolute atomic E-state index is 0.0210. The second-order valence-electron chi connectivity index (χ2n) is 14.1. The Kier molecular flexibility index (Phi) is 34.1. The second-order valence-corrected chi connectivity index (χ2v) is 14.1. The van der Waals surface area contributed by atoms with Crippen LogP contribution in [0.2, 0.25) is 0 Å². The molecule has 276 valence electrons. The molecule has 1 fully saturated rings. The maximum absolute atomic E-state index is 10.3. The number of hydrogen-bond donors (Lipinski definition) is 1. The molecule has 1 saturated heterocycles. The van der Waals surface area contributed by atoms with Crippen molar-refractivity contribution >= 4 is 0 Å². The monoisotopic (exact) mass is 661 g/mol. The van der Waals surface area contributed by atoms with Gasteiger partial charge in [0.2, 0.25) is 0 Å². The summed E-state index contributed by atoms with van der Waals surface area (Å²) in [7, 11) is 0. The lowest BCUT2D eigenvalue weighted by Crippen LogP contribution is -2.27. The van der Waals surface area contributed by atoms with Gasteiger partial charge in [-0.25, -0.2) is 0 Å². The van der Waals surface area contributed by atoms with E-state index in [1.54, 1.807) is 0 Å². The lowest BCUT2D eigenvalue weighted by Gasteiger charge is -2.27. The Labute approximate surface area is 293 Å². The minimum atomic E-state index is -0.297. The highest BCUT2D eigenvalue weighted by Crippen LogP contribution is 2.20. The highest BCUT2D eigenvalue weighted by molar-refractivity contribution is 4.92. The quantitative estimate of drug-likeness (QED) is 0.0543. The van der Waals surface area contributed by atoms with Gasteiger partial charge in [0, 0.05) is 13.2 Å². The highest BCUT2D eigenvalue weighted by atomic mass is 16.7. The van der Waals surface area contributed by atoms with E-state index in [4.69, 9.17) is 14.2 Å². The number of allylic oxidation sites excluding steroid dienone is 5. The van der Waals surface area contributed by atoms with Gasteiger partial charge in [-0.05, 0) is 89.9 Å². The van der Waals surface area contributed by atoms with Gasteiger partial charge in [0.25, 0.3) is 0 Å². The van der Waals surface area contributed by atoms with E-state index in [9.17, 15) is 5.11 Å². The summed E-state index contributed by atoms with van der Waals surface area (Å²) >= 11 is 0. The van der Waals surface area contributed by atoms with E-state index in [0.717, 1.165) is 58.2 Å². The fourth-order valence-electron chi connectivity index (χ4n) is 6.28. The van der Waals surface area contributed by atoms with Crippen LogP contribution in [0.1, 0.15) is 200 Å². The molecule has 4 nitrogen and oxygen atoms in total. The molecule has 0 spiro atoms. The summed E-state index contributed by atoms with van der Waals surface area (Å²) < 4.78 is 17.9. The van der Waals surface area contributed by atoms with Gasteiger partial charge < -0.3 is 19.3 Å². The first-order chi connectivity index (χ1) is 23.3. The molecule has 0 aromatic rings. The molecule has 0 bridgehead atoms. The van der Waals surface area contributed by atoms with E-state index >= 15 is 0 Å². The third-order valence-corrected chi connectivity index (χ3v) is 9.39. The number of ether oxygens (including phenoxy) is 3. The molecule has 0 amide bonds. The van der Waals surface area contributed by atoms with Gasteiger partial charge >= 0.3 is 0 Å². The first-order valence-corrected chi connectivity index (χ1v) is 20.7. The fraction of sp³-hybridized carbons (Fsp3) is 0.860. The molecule has 1 aliphatic heterocycles. The molecule has 1 rings (SSSR count). The van der Waals surface area contributed by atoms with Crippen LogP contribution in [0.3, 0.4) is 0 Å². The van der Waals surface area contributed by atoms with Gasteiger partial charge in [-0.2, -0.15) is 0 Å². The minimum Gasteiger partial charge on any atom is -0.391 e. The van der Waals surface area contributed by atoms with Crippen molar-refractivity contribution in [1.29, 1.82) is 0 Å². The average Bonchev–Trinajstić information content (AvgIpc) is 3.08. The topological polar surface area (TPSA) is 47.9 Å². The number of hydrogen-bond acceptors (Lipinski definition) is 4. The summed E-state index contributed by atoms with van der Waals surface area (Å²) in [5.74, 6) is 0. The van der Waals surface area contributed by atoms with E-state index in [1.807, 2.05) is 0 Å². The Balaban J connectivity index is 1.86. The van der Waals surface area contributed by atoms with Crippen molar-refractivity contribution in [3.63, 3.8) is 0 Å². The Morgan fingerprint density at radius 2 is 1.17 bits per heavy atom. The van der Waals surface area contributed by atoms with Crippen molar-refractivity contribution in [2.24, 2.45) is 0 Å². The number of aliphatic hydroxyl groups is 1. The van der Waals surface area contributed by atoms with E-state index in [2.05, 4.69) is 50.3 Å². The summed E-state index contributed by atoms with van der Waals surface area (Å²) in [4.78, 5) is 0. The zero-order valence-electron chi connectivity index (χ0n) is 31.5. The first kappa shape index (κ1) is 44.1. The summed E-state index contributed by atoms with van der Waals surface area (Å²) in [6, 6.07) is 0. The zero-order chi connectivity index (χ0) is 33.7. The van der Waals surface area contributed by atoms with Crippen LogP contribution in [0.5, 0.6) is 0 Å². The Morgan fingerprint density at radius 1 is 0.617 bits per heavy atom. The van der Waals surface area contributed by atoms with Crippen LogP contribution in [0.25, 0.3) is 0 Å². The maximum Gasteiger partial charge on any atom is 0.157 e. The van der Waals surface area contributed by atoms with Crippen molar-refractivity contribution in [3.8, 4) is 0 Å². The highest BCUT2D eigenvalue weighted by Gasteiger charge is 2.19. The van der Waals surface area contributed by atoms with Gasteiger partial charge in [0.15, 0.2) is 6.29 Å². The molecular formula is C43H80O4. The fourth-order valence-corrected chi connectivity index (χ4v) is 6.28. The molecule has 1 heterocycles. The summed E-state index contributed by atoms with van der Waals surface area (Å²) in [6.45, 7) is 6.69. The number of rotatable bonds is 35. The smallest absolute Gasteiger partial charge is 0.157 e. The molecule has 0 aliphatic carbocycles. The van der Waals surface area contributed by atoms with Crippen LogP contribution in [-0.2, 0) is 14.2 Å². The molecule has 0 radical (unpaired) electrons. The standard InChI is InChI=1S/C43H80O4/c1-3-5-7-9-10-11-12-13-14-15-16-17-21-24-27-32-38-45-40-41(44)34-28-25-22-19-18-20-23-26-30-36-42(35-29-8-6-4-2)47-43-37-31-33-39-46-43/h10-11,13-14,26,30,41-44H,3-9,12,15-25,27-29,31-40H2,1-2H3/b11-10-,14-13-,30-26-/t41?,42-,43?/m1/s1. The average molecular weight is 661 g/mol. The van der Waals surface area contributed by atoms with E-state index in [1.165, 1.54) is 141 Å². The molecule has 2 unspecified atom stereocenters. The predicted octanol–water partition coefficient (Wildman–Crippen LogP) is 13.1. The molecule has 1 N–H and O–H groups in total. The first-order valence-electron chi connectivity index (χ1n) is 20.7. The lowest BCUT2D eigenvalue weighted by atomic mass is 10.0. The summed E-state index contributed by atoms with van der Waals surface area (Å²) in [5, 5.41) is 10.3. The van der Waals surface area contributed by atoms with E-state index < -0.39 is 0 Å². The van der Waals surface area contributed by atoms with Crippen LogP contribution in [0.15, 0.2) is 36.5 Å². The van der Waals surface area contributed by atoms with Crippen LogP contribution < -0.4 is 0 Å². The third-order valence-electron chi connectivity index (χ3n) is 9.39.